The Morgan fingerprint density at radius 2 is 2.10 bits per heavy atom. The average Bonchev–Trinajstić information content (AvgIpc) is 2.75. The van der Waals surface area contributed by atoms with Gasteiger partial charge in [-0.25, -0.2) is 0 Å². The van der Waals surface area contributed by atoms with Crippen molar-refractivity contribution in [1.29, 1.82) is 0 Å². The molecule has 1 aliphatic rings. The van der Waals surface area contributed by atoms with Gasteiger partial charge in [0.1, 0.15) is 6.10 Å². The molecule has 0 aliphatic carbocycles. The SMILES string of the molecule is COc1cc(CC(C)(C)N)ccc1OC1CCN(C)C1. The molecule has 1 aromatic rings. The molecular formula is C16H26N2O2. The Morgan fingerprint density at radius 3 is 2.65 bits per heavy atom. The number of rotatable bonds is 5. The second-order valence-corrected chi connectivity index (χ2v) is 6.44. The van der Waals surface area contributed by atoms with Gasteiger partial charge in [0.15, 0.2) is 11.5 Å². The van der Waals surface area contributed by atoms with E-state index in [2.05, 4.69) is 18.0 Å². The van der Waals surface area contributed by atoms with Crippen molar-refractivity contribution in [3.8, 4) is 11.5 Å². The lowest BCUT2D eigenvalue weighted by Crippen LogP contribution is -2.34. The van der Waals surface area contributed by atoms with Gasteiger partial charge in [-0.1, -0.05) is 6.07 Å². The molecule has 0 radical (unpaired) electrons. The van der Waals surface area contributed by atoms with Crippen molar-refractivity contribution < 1.29 is 9.47 Å². The predicted molar refractivity (Wildman–Crippen MR) is 81.5 cm³/mol. The molecule has 1 atom stereocenters. The Bertz CT molecular complexity index is 454. The largest absolute Gasteiger partial charge is 0.493 e. The molecule has 1 fully saturated rings. The van der Waals surface area contributed by atoms with Crippen LogP contribution in [0.3, 0.4) is 0 Å². The fourth-order valence-electron chi connectivity index (χ4n) is 2.62. The van der Waals surface area contributed by atoms with Crippen molar-refractivity contribution in [3.63, 3.8) is 0 Å². The second kappa shape index (κ2) is 6.02. The van der Waals surface area contributed by atoms with E-state index in [1.165, 1.54) is 5.56 Å². The third-order valence-corrected chi connectivity index (χ3v) is 3.53. The molecule has 4 nitrogen and oxygen atoms in total. The highest BCUT2D eigenvalue weighted by Crippen LogP contribution is 2.31. The van der Waals surface area contributed by atoms with Crippen LogP contribution in [-0.4, -0.2) is 43.8 Å². The summed E-state index contributed by atoms with van der Waals surface area (Å²) in [5, 5.41) is 0. The fourth-order valence-corrected chi connectivity index (χ4v) is 2.62. The van der Waals surface area contributed by atoms with Gasteiger partial charge in [0, 0.05) is 18.6 Å². The van der Waals surface area contributed by atoms with Crippen LogP contribution in [-0.2, 0) is 6.42 Å². The van der Waals surface area contributed by atoms with Crippen LogP contribution in [0.5, 0.6) is 11.5 Å². The molecule has 1 unspecified atom stereocenters. The van der Waals surface area contributed by atoms with Crippen molar-refractivity contribution in [1.82, 2.24) is 4.90 Å². The topological polar surface area (TPSA) is 47.7 Å². The van der Waals surface area contributed by atoms with E-state index in [1.807, 2.05) is 26.0 Å². The van der Waals surface area contributed by atoms with Crippen LogP contribution in [0.15, 0.2) is 18.2 Å². The molecule has 1 heterocycles. The van der Waals surface area contributed by atoms with Crippen LogP contribution in [0.2, 0.25) is 0 Å². The minimum absolute atomic E-state index is 0.221. The number of benzene rings is 1. The lowest BCUT2D eigenvalue weighted by atomic mass is 9.96. The minimum Gasteiger partial charge on any atom is -0.493 e. The quantitative estimate of drug-likeness (QED) is 0.895. The standard InChI is InChI=1S/C16H26N2O2/c1-16(2,17)10-12-5-6-14(15(9-12)19-4)20-13-7-8-18(3)11-13/h5-6,9,13H,7-8,10-11,17H2,1-4H3. The zero-order valence-corrected chi connectivity index (χ0v) is 13.0. The lowest BCUT2D eigenvalue weighted by Gasteiger charge is -2.20. The van der Waals surface area contributed by atoms with Gasteiger partial charge in [0.2, 0.25) is 0 Å². The number of methoxy groups -OCH3 is 1. The summed E-state index contributed by atoms with van der Waals surface area (Å²) >= 11 is 0. The number of likely N-dealkylation sites (tertiary alicyclic amines) is 1. The van der Waals surface area contributed by atoms with E-state index in [0.717, 1.165) is 37.4 Å². The molecule has 0 bridgehead atoms. The molecule has 112 valence electrons. The molecular weight excluding hydrogens is 252 g/mol. The molecule has 0 amide bonds. The number of likely N-dealkylation sites (N-methyl/N-ethyl adjacent to an activating group) is 1. The van der Waals surface area contributed by atoms with Crippen LogP contribution in [0.1, 0.15) is 25.8 Å². The Morgan fingerprint density at radius 1 is 1.35 bits per heavy atom. The van der Waals surface area contributed by atoms with Crippen LogP contribution in [0, 0.1) is 0 Å². The summed E-state index contributed by atoms with van der Waals surface area (Å²) in [6, 6.07) is 6.10. The lowest BCUT2D eigenvalue weighted by molar-refractivity contribution is 0.199. The third-order valence-electron chi connectivity index (χ3n) is 3.53. The van der Waals surface area contributed by atoms with E-state index < -0.39 is 0 Å². The fraction of sp³-hybridized carbons (Fsp3) is 0.625. The Hall–Kier alpha value is -1.26. The van der Waals surface area contributed by atoms with Crippen molar-refractivity contribution in [2.24, 2.45) is 5.73 Å². The number of hydrogen-bond donors (Lipinski definition) is 1. The maximum atomic E-state index is 6.07. The van der Waals surface area contributed by atoms with E-state index in [0.29, 0.717) is 0 Å². The molecule has 0 saturated carbocycles. The van der Waals surface area contributed by atoms with Crippen molar-refractivity contribution in [3.05, 3.63) is 23.8 Å². The van der Waals surface area contributed by atoms with Crippen LogP contribution >= 0.6 is 0 Å². The van der Waals surface area contributed by atoms with Gasteiger partial charge in [-0.15, -0.1) is 0 Å². The number of nitrogens with zero attached hydrogens (tertiary/aromatic N) is 1. The van der Waals surface area contributed by atoms with E-state index in [9.17, 15) is 0 Å². The molecule has 0 aromatic heterocycles. The molecule has 2 N–H and O–H groups in total. The van der Waals surface area contributed by atoms with Gasteiger partial charge in [0.05, 0.1) is 7.11 Å². The van der Waals surface area contributed by atoms with Gasteiger partial charge in [-0.3, -0.25) is 0 Å². The maximum absolute atomic E-state index is 6.07. The molecule has 4 heteroatoms. The van der Waals surface area contributed by atoms with Gasteiger partial charge < -0.3 is 20.1 Å². The van der Waals surface area contributed by atoms with Gasteiger partial charge >= 0.3 is 0 Å². The van der Waals surface area contributed by atoms with Gasteiger partial charge in [0.25, 0.3) is 0 Å². The summed E-state index contributed by atoms with van der Waals surface area (Å²) in [5.41, 5.74) is 7.02. The molecule has 2 rings (SSSR count). The summed E-state index contributed by atoms with van der Waals surface area (Å²) in [4.78, 5) is 2.28. The van der Waals surface area contributed by atoms with Crippen molar-refractivity contribution >= 4 is 0 Å². The van der Waals surface area contributed by atoms with Crippen molar-refractivity contribution in [2.75, 3.05) is 27.2 Å². The molecule has 0 spiro atoms. The first-order chi connectivity index (χ1) is 9.37. The zero-order valence-electron chi connectivity index (χ0n) is 13.0. The number of ether oxygens (including phenoxy) is 2. The Kier molecular flexibility index (Phi) is 4.55. The summed E-state index contributed by atoms with van der Waals surface area (Å²) in [6.45, 7) is 6.11. The highest BCUT2D eigenvalue weighted by atomic mass is 16.5. The second-order valence-electron chi connectivity index (χ2n) is 6.44. The average molecular weight is 278 g/mol. The van der Waals surface area contributed by atoms with Crippen LogP contribution < -0.4 is 15.2 Å². The zero-order chi connectivity index (χ0) is 14.8. The van der Waals surface area contributed by atoms with E-state index in [-0.39, 0.29) is 11.6 Å². The monoisotopic (exact) mass is 278 g/mol. The first-order valence-electron chi connectivity index (χ1n) is 7.18. The Labute approximate surface area is 121 Å². The smallest absolute Gasteiger partial charge is 0.161 e. The van der Waals surface area contributed by atoms with Crippen LogP contribution in [0.25, 0.3) is 0 Å². The van der Waals surface area contributed by atoms with Crippen molar-refractivity contribution in [2.45, 2.75) is 38.3 Å². The maximum Gasteiger partial charge on any atom is 0.161 e. The first-order valence-corrected chi connectivity index (χ1v) is 7.18. The summed E-state index contributed by atoms with van der Waals surface area (Å²) in [6.07, 6.45) is 2.14. The number of hydrogen-bond acceptors (Lipinski definition) is 4. The molecule has 1 aromatic carbocycles. The third kappa shape index (κ3) is 4.12. The normalized spacial score (nSPS) is 20.1. The summed E-state index contributed by atoms with van der Waals surface area (Å²) in [7, 11) is 3.80. The summed E-state index contributed by atoms with van der Waals surface area (Å²) in [5.74, 6) is 1.62. The molecule has 1 aliphatic heterocycles. The summed E-state index contributed by atoms with van der Waals surface area (Å²) < 4.78 is 11.5. The highest BCUT2D eigenvalue weighted by Gasteiger charge is 2.22. The van der Waals surface area contributed by atoms with E-state index in [1.54, 1.807) is 7.11 Å². The van der Waals surface area contributed by atoms with Gasteiger partial charge in [-0.2, -0.15) is 0 Å². The highest BCUT2D eigenvalue weighted by molar-refractivity contribution is 5.43. The minimum atomic E-state index is -0.221. The van der Waals surface area contributed by atoms with Gasteiger partial charge in [-0.05, 0) is 51.4 Å². The number of nitrogens with two attached hydrogens (primary N) is 1. The van der Waals surface area contributed by atoms with E-state index in [4.69, 9.17) is 15.2 Å². The Balaban J connectivity index is 2.09. The van der Waals surface area contributed by atoms with Crippen LogP contribution in [0.4, 0.5) is 0 Å². The molecule has 1 saturated heterocycles. The van der Waals surface area contributed by atoms with E-state index >= 15 is 0 Å². The first kappa shape index (κ1) is 15.1. The predicted octanol–water partition coefficient (Wildman–Crippen LogP) is 2.06. The molecule has 20 heavy (non-hydrogen) atoms.